The lowest BCUT2D eigenvalue weighted by atomic mass is 9.95. The molecule has 0 aromatic carbocycles. The third kappa shape index (κ3) is 1.62. The Hall–Kier alpha value is -0.930. The minimum atomic E-state index is -0.960. The number of hydrogen-bond acceptors (Lipinski definition) is 3. The second-order valence-electron chi connectivity index (χ2n) is 3.11. The summed E-state index contributed by atoms with van der Waals surface area (Å²) < 4.78 is 0. The van der Waals surface area contributed by atoms with Gasteiger partial charge in [-0.2, -0.15) is 0 Å². The van der Waals surface area contributed by atoms with Gasteiger partial charge in [0.05, 0.1) is 0 Å². The van der Waals surface area contributed by atoms with E-state index < -0.39 is 5.60 Å². The Kier molecular flexibility index (Phi) is 2.45. The normalized spacial score (nSPS) is 15.7. The topological polar surface area (TPSA) is 59.1 Å². The Morgan fingerprint density at radius 3 is 2.83 bits per heavy atom. The molecular weight excluding hydrogens is 152 g/mol. The molecule has 0 spiro atoms. The molecular formula is C9H14N2O. The maximum Gasteiger partial charge on any atom is 0.101 e. The van der Waals surface area contributed by atoms with Crippen LogP contribution in [0.1, 0.15) is 18.2 Å². The molecule has 12 heavy (non-hydrogen) atoms. The van der Waals surface area contributed by atoms with Crippen molar-refractivity contribution in [3.8, 4) is 0 Å². The van der Waals surface area contributed by atoms with Crippen molar-refractivity contribution in [3.63, 3.8) is 0 Å². The summed E-state index contributed by atoms with van der Waals surface area (Å²) in [6.45, 7) is 3.76. The number of nitrogens with two attached hydrogens (primary N) is 1. The molecule has 0 saturated heterocycles. The van der Waals surface area contributed by atoms with E-state index in [4.69, 9.17) is 5.73 Å². The van der Waals surface area contributed by atoms with Crippen LogP contribution in [-0.4, -0.2) is 16.6 Å². The second kappa shape index (κ2) is 3.21. The highest BCUT2D eigenvalue weighted by Crippen LogP contribution is 2.20. The van der Waals surface area contributed by atoms with E-state index in [1.54, 1.807) is 19.2 Å². The van der Waals surface area contributed by atoms with Crippen molar-refractivity contribution < 1.29 is 5.11 Å². The van der Waals surface area contributed by atoms with Crippen LogP contribution in [0.5, 0.6) is 0 Å². The van der Waals surface area contributed by atoms with E-state index in [9.17, 15) is 5.11 Å². The summed E-state index contributed by atoms with van der Waals surface area (Å²) >= 11 is 0. The van der Waals surface area contributed by atoms with Crippen molar-refractivity contribution in [2.45, 2.75) is 19.4 Å². The first-order valence-corrected chi connectivity index (χ1v) is 3.92. The summed E-state index contributed by atoms with van der Waals surface area (Å²) in [7, 11) is 0. The zero-order chi connectivity index (χ0) is 9.19. The van der Waals surface area contributed by atoms with Gasteiger partial charge in [0.15, 0.2) is 0 Å². The number of hydrogen-bond donors (Lipinski definition) is 2. The summed E-state index contributed by atoms with van der Waals surface area (Å²) in [5, 5.41) is 9.81. The molecule has 0 saturated carbocycles. The van der Waals surface area contributed by atoms with Gasteiger partial charge in [0, 0.05) is 24.0 Å². The Morgan fingerprint density at radius 2 is 2.33 bits per heavy atom. The molecule has 0 aliphatic carbocycles. The molecule has 1 aromatic rings. The van der Waals surface area contributed by atoms with Crippen LogP contribution in [0, 0.1) is 6.92 Å². The first kappa shape index (κ1) is 9.16. The minimum Gasteiger partial charge on any atom is -0.384 e. The van der Waals surface area contributed by atoms with E-state index in [1.807, 2.05) is 13.0 Å². The molecule has 0 radical (unpaired) electrons. The maximum absolute atomic E-state index is 9.81. The fourth-order valence-corrected chi connectivity index (χ4v) is 1.16. The van der Waals surface area contributed by atoms with Gasteiger partial charge in [-0.3, -0.25) is 4.98 Å². The van der Waals surface area contributed by atoms with Crippen molar-refractivity contribution in [2.75, 3.05) is 6.54 Å². The predicted molar refractivity (Wildman–Crippen MR) is 47.6 cm³/mol. The van der Waals surface area contributed by atoms with E-state index in [0.29, 0.717) is 0 Å². The van der Waals surface area contributed by atoms with Crippen molar-refractivity contribution >= 4 is 0 Å². The first-order chi connectivity index (χ1) is 5.58. The highest BCUT2D eigenvalue weighted by atomic mass is 16.3. The molecule has 0 fully saturated rings. The van der Waals surface area contributed by atoms with Gasteiger partial charge in [-0.15, -0.1) is 0 Å². The third-order valence-corrected chi connectivity index (χ3v) is 1.98. The lowest BCUT2D eigenvalue weighted by molar-refractivity contribution is 0.0657. The van der Waals surface area contributed by atoms with Gasteiger partial charge in [0.25, 0.3) is 0 Å². The van der Waals surface area contributed by atoms with Gasteiger partial charge in [-0.25, -0.2) is 0 Å². The van der Waals surface area contributed by atoms with Crippen LogP contribution in [-0.2, 0) is 5.60 Å². The van der Waals surface area contributed by atoms with Gasteiger partial charge >= 0.3 is 0 Å². The molecule has 1 atom stereocenters. The zero-order valence-electron chi connectivity index (χ0n) is 7.41. The lowest BCUT2D eigenvalue weighted by Crippen LogP contribution is -2.32. The molecule has 0 aliphatic rings. The average Bonchev–Trinajstić information content (AvgIpc) is 2.05. The summed E-state index contributed by atoms with van der Waals surface area (Å²) in [4.78, 5) is 4.08. The highest BCUT2D eigenvalue weighted by molar-refractivity contribution is 5.25. The van der Waals surface area contributed by atoms with Crippen LogP contribution in [0.15, 0.2) is 18.3 Å². The van der Waals surface area contributed by atoms with Gasteiger partial charge in [-0.05, 0) is 19.9 Å². The largest absolute Gasteiger partial charge is 0.384 e. The molecule has 1 heterocycles. The molecule has 1 unspecified atom stereocenters. The zero-order valence-corrected chi connectivity index (χ0v) is 7.41. The van der Waals surface area contributed by atoms with Crippen LogP contribution in [0.4, 0.5) is 0 Å². The number of aromatic nitrogens is 1. The molecule has 66 valence electrons. The van der Waals surface area contributed by atoms with E-state index in [-0.39, 0.29) is 6.54 Å². The maximum atomic E-state index is 9.81. The molecule has 3 nitrogen and oxygen atoms in total. The summed E-state index contributed by atoms with van der Waals surface area (Å²) in [6, 6.07) is 3.64. The third-order valence-electron chi connectivity index (χ3n) is 1.98. The molecule has 0 amide bonds. The van der Waals surface area contributed by atoms with Gasteiger partial charge < -0.3 is 10.8 Å². The summed E-state index contributed by atoms with van der Waals surface area (Å²) in [5.74, 6) is 0. The molecule has 0 bridgehead atoms. The van der Waals surface area contributed by atoms with E-state index in [1.165, 1.54) is 0 Å². The monoisotopic (exact) mass is 166 g/mol. The minimum absolute atomic E-state index is 0.208. The van der Waals surface area contributed by atoms with Gasteiger partial charge in [0.1, 0.15) is 5.60 Å². The Labute approximate surface area is 72.2 Å². The average molecular weight is 166 g/mol. The van der Waals surface area contributed by atoms with Crippen molar-refractivity contribution in [1.29, 1.82) is 0 Å². The van der Waals surface area contributed by atoms with Crippen LogP contribution < -0.4 is 5.73 Å². The van der Waals surface area contributed by atoms with E-state index >= 15 is 0 Å². The SMILES string of the molecule is Cc1ncccc1C(C)(O)CN. The molecule has 3 N–H and O–H groups in total. The van der Waals surface area contributed by atoms with Crippen molar-refractivity contribution in [3.05, 3.63) is 29.6 Å². The Morgan fingerprint density at radius 1 is 1.67 bits per heavy atom. The Bertz CT molecular complexity index is 271. The fourth-order valence-electron chi connectivity index (χ4n) is 1.16. The van der Waals surface area contributed by atoms with Crippen molar-refractivity contribution in [2.24, 2.45) is 5.73 Å². The fraction of sp³-hybridized carbons (Fsp3) is 0.444. The van der Waals surface area contributed by atoms with Crippen molar-refractivity contribution in [1.82, 2.24) is 4.98 Å². The van der Waals surface area contributed by atoms with Gasteiger partial charge in [-0.1, -0.05) is 6.07 Å². The standard InChI is InChI=1S/C9H14N2O/c1-7-8(4-3-5-11-7)9(2,12)6-10/h3-5,12H,6,10H2,1-2H3. The molecule has 0 aliphatic heterocycles. The lowest BCUT2D eigenvalue weighted by Gasteiger charge is -2.22. The smallest absolute Gasteiger partial charge is 0.101 e. The van der Waals surface area contributed by atoms with Crippen LogP contribution in [0.2, 0.25) is 0 Å². The number of rotatable bonds is 2. The van der Waals surface area contributed by atoms with E-state index in [0.717, 1.165) is 11.3 Å². The Balaban J connectivity index is 3.10. The number of aliphatic hydroxyl groups is 1. The second-order valence-corrected chi connectivity index (χ2v) is 3.11. The van der Waals surface area contributed by atoms with Gasteiger partial charge in [0.2, 0.25) is 0 Å². The van der Waals surface area contributed by atoms with Crippen LogP contribution in [0.3, 0.4) is 0 Å². The van der Waals surface area contributed by atoms with Crippen LogP contribution in [0.25, 0.3) is 0 Å². The number of aryl methyl sites for hydroxylation is 1. The molecule has 3 heteroatoms. The number of nitrogens with zero attached hydrogens (tertiary/aromatic N) is 1. The van der Waals surface area contributed by atoms with Crippen LogP contribution >= 0.6 is 0 Å². The number of pyridine rings is 1. The van der Waals surface area contributed by atoms with E-state index in [2.05, 4.69) is 4.98 Å². The highest BCUT2D eigenvalue weighted by Gasteiger charge is 2.22. The molecule has 1 aromatic heterocycles. The summed E-state index contributed by atoms with van der Waals surface area (Å²) in [6.07, 6.45) is 1.70. The summed E-state index contributed by atoms with van der Waals surface area (Å²) in [5.41, 5.74) is 6.09. The predicted octanol–water partition coefficient (Wildman–Crippen LogP) is 0.556. The quantitative estimate of drug-likeness (QED) is 0.674. The molecule has 1 rings (SSSR count). The first-order valence-electron chi connectivity index (χ1n) is 3.92.